The number of carbonyl (C=O) groups is 1. The molecular weight excluding hydrogens is 278 g/mol. The second kappa shape index (κ2) is 7.11. The van der Waals surface area contributed by atoms with Crippen LogP contribution in [0.4, 0.5) is 11.5 Å². The molecule has 1 heterocycles. The monoisotopic (exact) mass is 301 g/mol. The first-order chi connectivity index (χ1) is 10.5. The van der Waals surface area contributed by atoms with Gasteiger partial charge in [-0.1, -0.05) is 31.1 Å². The standard InChI is InChI=1S/C17H23N3O2/c1-5-11(2)14-6-8-15(9-7-14)18-13(4)17(21)19-16-10-12(3)22-20-16/h6-11,13,18H,5H2,1-4H3,(H,19,20,21)/t11-,13+/m1/s1. The first-order valence-corrected chi connectivity index (χ1v) is 7.60. The average Bonchev–Trinajstić information content (AvgIpc) is 2.92. The van der Waals surface area contributed by atoms with Crippen LogP contribution in [0.5, 0.6) is 0 Å². The van der Waals surface area contributed by atoms with Gasteiger partial charge < -0.3 is 15.2 Å². The lowest BCUT2D eigenvalue weighted by Gasteiger charge is -2.15. The third-order valence-electron chi connectivity index (χ3n) is 3.75. The number of aryl methyl sites for hydroxylation is 1. The number of benzene rings is 1. The molecule has 0 aliphatic rings. The number of hydrogen-bond acceptors (Lipinski definition) is 4. The lowest BCUT2D eigenvalue weighted by Crippen LogP contribution is -2.31. The Labute approximate surface area is 131 Å². The van der Waals surface area contributed by atoms with Crippen molar-refractivity contribution in [3.63, 3.8) is 0 Å². The van der Waals surface area contributed by atoms with E-state index >= 15 is 0 Å². The van der Waals surface area contributed by atoms with Crippen LogP contribution in [0, 0.1) is 6.92 Å². The zero-order valence-electron chi connectivity index (χ0n) is 13.5. The third-order valence-corrected chi connectivity index (χ3v) is 3.75. The van der Waals surface area contributed by atoms with Crippen molar-refractivity contribution in [2.24, 2.45) is 0 Å². The molecule has 2 N–H and O–H groups in total. The lowest BCUT2D eigenvalue weighted by atomic mass is 9.98. The number of rotatable bonds is 6. The summed E-state index contributed by atoms with van der Waals surface area (Å²) in [5.41, 5.74) is 2.23. The molecule has 1 aromatic heterocycles. The Bertz CT molecular complexity index is 619. The van der Waals surface area contributed by atoms with Gasteiger partial charge in [0, 0.05) is 11.8 Å². The predicted octanol–water partition coefficient (Wildman–Crippen LogP) is 3.94. The molecule has 5 heteroatoms. The fourth-order valence-electron chi connectivity index (χ4n) is 2.12. The van der Waals surface area contributed by atoms with Crippen molar-refractivity contribution in [2.75, 3.05) is 10.6 Å². The molecule has 0 unspecified atom stereocenters. The molecule has 0 saturated heterocycles. The molecule has 0 bridgehead atoms. The summed E-state index contributed by atoms with van der Waals surface area (Å²) in [6, 6.07) is 9.53. The topological polar surface area (TPSA) is 67.2 Å². The summed E-state index contributed by atoms with van der Waals surface area (Å²) in [4.78, 5) is 12.1. The predicted molar refractivity (Wildman–Crippen MR) is 88.1 cm³/mol. The summed E-state index contributed by atoms with van der Waals surface area (Å²) in [7, 11) is 0. The van der Waals surface area contributed by atoms with Crippen molar-refractivity contribution < 1.29 is 9.32 Å². The molecule has 2 rings (SSSR count). The maximum Gasteiger partial charge on any atom is 0.247 e. The third kappa shape index (κ3) is 4.10. The summed E-state index contributed by atoms with van der Waals surface area (Å²) in [5.74, 6) is 1.49. The van der Waals surface area contributed by atoms with Gasteiger partial charge in [-0.2, -0.15) is 0 Å². The van der Waals surface area contributed by atoms with E-state index in [-0.39, 0.29) is 11.9 Å². The van der Waals surface area contributed by atoms with Gasteiger partial charge in [-0.3, -0.25) is 4.79 Å². The Morgan fingerprint density at radius 2 is 1.95 bits per heavy atom. The highest BCUT2D eigenvalue weighted by Gasteiger charge is 2.14. The van der Waals surface area contributed by atoms with Gasteiger partial charge in [-0.15, -0.1) is 0 Å². The van der Waals surface area contributed by atoms with E-state index in [0.717, 1.165) is 12.1 Å². The zero-order chi connectivity index (χ0) is 16.1. The molecule has 1 amide bonds. The molecule has 0 fully saturated rings. The van der Waals surface area contributed by atoms with Crippen molar-refractivity contribution in [1.82, 2.24) is 5.16 Å². The second-order valence-electron chi connectivity index (χ2n) is 5.61. The molecule has 22 heavy (non-hydrogen) atoms. The average molecular weight is 301 g/mol. The van der Waals surface area contributed by atoms with Gasteiger partial charge in [0.1, 0.15) is 11.8 Å². The lowest BCUT2D eigenvalue weighted by molar-refractivity contribution is -0.116. The molecule has 0 aliphatic heterocycles. The smallest absolute Gasteiger partial charge is 0.247 e. The van der Waals surface area contributed by atoms with Gasteiger partial charge in [0.05, 0.1) is 0 Å². The number of nitrogens with one attached hydrogen (secondary N) is 2. The molecule has 0 saturated carbocycles. The minimum Gasteiger partial charge on any atom is -0.374 e. The Balaban J connectivity index is 1.93. The fraction of sp³-hybridized carbons (Fsp3) is 0.412. The highest BCUT2D eigenvalue weighted by Crippen LogP contribution is 2.21. The number of aromatic nitrogens is 1. The van der Waals surface area contributed by atoms with Gasteiger partial charge in [0.2, 0.25) is 5.91 Å². The summed E-state index contributed by atoms with van der Waals surface area (Å²) < 4.78 is 4.92. The molecule has 1 aromatic carbocycles. The number of carbonyl (C=O) groups excluding carboxylic acids is 1. The fourth-order valence-corrected chi connectivity index (χ4v) is 2.12. The van der Waals surface area contributed by atoms with Crippen LogP contribution in [0.25, 0.3) is 0 Å². The first-order valence-electron chi connectivity index (χ1n) is 7.60. The van der Waals surface area contributed by atoms with Gasteiger partial charge >= 0.3 is 0 Å². The van der Waals surface area contributed by atoms with Crippen molar-refractivity contribution in [2.45, 2.75) is 46.1 Å². The largest absolute Gasteiger partial charge is 0.374 e. The van der Waals surface area contributed by atoms with Crippen LogP contribution in [0.1, 0.15) is 44.4 Å². The van der Waals surface area contributed by atoms with Crippen molar-refractivity contribution in [3.05, 3.63) is 41.7 Å². The Morgan fingerprint density at radius 3 is 2.50 bits per heavy atom. The van der Waals surface area contributed by atoms with Crippen molar-refractivity contribution in [3.8, 4) is 0 Å². The molecule has 2 aromatic rings. The van der Waals surface area contributed by atoms with E-state index < -0.39 is 0 Å². The Morgan fingerprint density at radius 1 is 1.27 bits per heavy atom. The minimum atomic E-state index is -0.369. The minimum absolute atomic E-state index is 0.153. The summed E-state index contributed by atoms with van der Waals surface area (Å²) in [6.45, 7) is 7.97. The highest BCUT2D eigenvalue weighted by molar-refractivity contribution is 5.95. The molecule has 0 radical (unpaired) electrons. The number of hydrogen-bond donors (Lipinski definition) is 2. The van der Waals surface area contributed by atoms with Crippen LogP contribution in [0.2, 0.25) is 0 Å². The maximum atomic E-state index is 12.1. The van der Waals surface area contributed by atoms with E-state index in [9.17, 15) is 4.79 Å². The molecule has 0 spiro atoms. The number of nitrogens with zero attached hydrogens (tertiary/aromatic N) is 1. The molecule has 118 valence electrons. The van der Waals surface area contributed by atoms with Crippen LogP contribution in [0.15, 0.2) is 34.9 Å². The number of anilines is 2. The first kappa shape index (κ1) is 16.1. The SMILES string of the molecule is CC[C@@H](C)c1ccc(N[C@@H](C)C(=O)Nc2cc(C)on2)cc1. The van der Waals surface area contributed by atoms with Crippen LogP contribution in [-0.2, 0) is 4.79 Å². The summed E-state index contributed by atoms with van der Waals surface area (Å²) >= 11 is 0. The molecular formula is C17H23N3O2. The van der Waals surface area contributed by atoms with Gasteiger partial charge in [0.25, 0.3) is 0 Å². The van der Waals surface area contributed by atoms with E-state index in [1.54, 1.807) is 13.0 Å². The zero-order valence-corrected chi connectivity index (χ0v) is 13.5. The van der Waals surface area contributed by atoms with E-state index in [4.69, 9.17) is 4.52 Å². The Hall–Kier alpha value is -2.30. The van der Waals surface area contributed by atoms with Crippen molar-refractivity contribution >= 4 is 17.4 Å². The molecule has 0 aliphatic carbocycles. The normalized spacial score (nSPS) is 13.5. The van der Waals surface area contributed by atoms with E-state index in [0.29, 0.717) is 17.5 Å². The van der Waals surface area contributed by atoms with E-state index in [1.165, 1.54) is 5.56 Å². The highest BCUT2D eigenvalue weighted by atomic mass is 16.5. The molecule has 5 nitrogen and oxygen atoms in total. The van der Waals surface area contributed by atoms with Gasteiger partial charge in [0.15, 0.2) is 5.82 Å². The molecule has 2 atom stereocenters. The van der Waals surface area contributed by atoms with Gasteiger partial charge in [-0.25, -0.2) is 0 Å². The van der Waals surface area contributed by atoms with E-state index in [2.05, 4.69) is 41.8 Å². The Kier molecular flexibility index (Phi) is 5.20. The summed E-state index contributed by atoms with van der Waals surface area (Å²) in [5, 5.41) is 9.65. The second-order valence-corrected chi connectivity index (χ2v) is 5.61. The maximum absolute atomic E-state index is 12.1. The quantitative estimate of drug-likeness (QED) is 0.848. The van der Waals surface area contributed by atoms with E-state index in [1.807, 2.05) is 19.1 Å². The van der Waals surface area contributed by atoms with Gasteiger partial charge in [-0.05, 0) is 43.9 Å². The van der Waals surface area contributed by atoms with Crippen LogP contribution in [0.3, 0.4) is 0 Å². The summed E-state index contributed by atoms with van der Waals surface area (Å²) in [6.07, 6.45) is 1.11. The van der Waals surface area contributed by atoms with Crippen LogP contribution >= 0.6 is 0 Å². The van der Waals surface area contributed by atoms with Crippen LogP contribution in [-0.4, -0.2) is 17.1 Å². The van der Waals surface area contributed by atoms with Crippen molar-refractivity contribution in [1.29, 1.82) is 0 Å². The van der Waals surface area contributed by atoms with Crippen LogP contribution < -0.4 is 10.6 Å². The number of amides is 1.